The summed E-state index contributed by atoms with van der Waals surface area (Å²) in [5.41, 5.74) is 29.9. The van der Waals surface area contributed by atoms with Gasteiger partial charge in [0.15, 0.2) is 5.69 Å². The fraction of sp³-hybridized carbons (Fsp3) is 0.143. The molecule has 390 valence electrons. The molecule has 0 aliphatic heterocycles. The zero-order valence-electron chi connectivity index (χ0n) is 47.2. The van der Waals surface area contributed by atoms with E-state index in [0.717, 1.165) is 34.1 Å². The van der Waals surface area contributed by atoms with Gasteiger partial charge in [-0.1, -0.05) is 187 Å². The number of aryl methyl sites for hydroxylation is 2. The fourth-order valence-corrected chi connectivity index (χ4v) is 13.1. The Balaban J connectivity index is 0.730. The Morgan fingerprint density at radius 2 is 0.654 bits per heavy atom. The molecule has 0 N–H and O–H groups in total. The molecular formula is C77H62N4. The lowest BCUT2D eigenvalue weighted by molar-refractivity contribution is 0.660. The Morgan fingerprint density at radius 1 is 0.358 bits per heavy atom. The summed E-state index contributed by atoms with van der Waals surface area (Å²) in [5, 5.41) is 9.55. The molecule has 0 atom stereocenters. The minimum absolute atomic E-state index is 0.173. The van der Waals surface area contributed by atoms with Gasteiger partial charge in [0.25, 0.3) is 0 Å². The van der Waals surface area contributed by atoms with Crippen LogP contribution in [0.3, 0.4) is 0 Å². The number of benzene rings is 10. The van der Waals surface area contributed by atoms with Crippen LogP contribution in [-0.4, -0.2) is 0 Å². The molecule has 0 saturated carbocycles. The van der Waals surface area contributed by atoms with Crippen molar-refractivity contribution in [2.75, 3.05) is 9.80 Å². The fourth-order valence-electron chi connectivity index (χ4n) is 13.1. The Bertz CT molecular complexity index is 4080. The van der Waals surface area contributed by atoms with E-state index >= 15 is 0 Å². The Hall–Kier alpha value is -9.74. The summed E-state index contributed by atoms with van der Waals surface area (Å²) in [4.78, 5) is 8.24. The number of fused-ring (bicyclic) bond motifs is 9. The lowest BCUT2D eigenvalue weighted by Crippen LogP contribution is -2.16. The van der Waals surface area contributed by atoms with Gasteiger partial charge in [-0.25, -0.2) is 4.85 Å². The summed E-state index contributed by atoms with van der Waals surface area (Å²) in [7, 11) is 0. The maximum absolute atomic E-state index is 9.55. The van der Waals surface area contributed by atoms with Crippen molar-refractivity contribution in [3.63, 3.8) is 0 Å². The largest absolute Gasteiger partial charge is 0.311 e. The molecule has 0 unspecified atom stereocenters. The van der Waals surface area contributed by atoms with Crippen molar-refractivity contribution in [2.24, 2.45) is 0 Å². The molecule has 3 aliphatic carbocycles. The number of nitrogens with zero attached hydrogens (tertiary/aromatic N) is 4. The molecule has 81 heavy (non-hydrogen) atoms. The van der Waals surface area contributed by atoms with Crippen LogP contribution in [0.2, 0.25) is 0 Å². The molecule has 0 aromatic heterocycles. The van der Waals surface area contributed by atoms with Crippen LogP contribution < -0.4 is 9.80 Å². The van der Waals surface area contributed by atoms with Crippen molar-refractivity contribution in [2.45, 2.75) is 71.6 Å². The molecule has 0 bridgehead atoms. The highest BCUT2D eigenvalue weighted by atomic mass is 15.1. The van der Waals surface area contributed by atoms with E-state index in [0.29, 0.717) is 11.3 Å². The van der Waals surface area contributed by atoms with Gasteiger partial charge in [-0.15, -0.1) is 0 Å². The van der Waals surface area contributed by atoms with Gasteiger partial charge < -0.3 is 9.80 Å². The Morgan fingerprint density at radius 3 is 0.975 bits per heavy atom. The maximum Gasteiger partial charge on any atom is 0.187 e. The number of hydrogen-bond donors (Lipinski definition) is 0. The van der Waals surface area contributed by atoms with Crippen LogP contribution in [-0.2, 0) is 16.2 Å². The molecule has 0 amide bonds. The van der Waals surface area contributed by atoms with E-state index in [4.69, 9.17) is 6.57 Å². The van der Waals surface area contributed by atoms with Crippen molar-refractivity contribution in [1.82, 2.24) is 0 Å². The third-order valence-electron chi connectivity index (χ3n) is 17.6. The molecule has 10 aromatic carbocycles. The molecule has 3 aliphatic rings. The van der Waals surface area contributed by atoms with E-state index in [9.17, 15) is 5.26 Å². The molecule has 0 spiro atoms. The van der Waals surface area contributed by atoms with Gasteiger partial charge in [0.05, 0.1) is 18.2 Å². The molecule has 4 nitrogen and oxygen atoms in total. The summed E-state index contributed by atoms with van der Waals surface area (Å²) >= 11 is 0. The highest BCUT2D eigenvalue weighted by Crippen LogP contribution is 2.54. The second kappa shape index (κ2) is 19.3. The second-order valence-corrected chi connectivity index (χ2v) is 23.9. The summed E-state index contributed by atoms with van der Waals surface area (Å²) in [6.45, 7) is 25.9. The predicted molar refractivity (Wildman–Crippen MR) is 340 cm³/mol. The molecule has 0 saturated heterocycles. The van der Waals surface area contributed by atoms with Crippen LogP contribution in [0.5, 0.6) is 0 Å². The van der Waals surface area contributed by atoms with Crippen LogP contribution >= 0.6 is 0 Å². The van der Waals surface area contributed by atoms with Gasteiger partial charge in [-0.3, -0.25) is 0 Å². The SMILES string of the molecule is [C-]#[N+]c1ccc(N(c2cccc(C)c2)c2ccc3c(c2)C(C)(C)c2cc(C=Cc4ccc5c(c4)C(C)(C)c4cc(C=Cc6ccc7c(c6)C(C)(C)c6cc(N(c8ccc(C#N)cc8)c8cccc(C)c8)ccc6-7)ccc4-5)ccc2-3)cc1. The van der Waals surface area contributed by atoms with Crippen LogP contribution in [0.25, 0.3) is 62.5 Å². The van der Waals surface area contributed by atoms with Crippen LogP contribution in [0.1, 0.15) is 114 Å². The molecule has 13 rings (SSSR count). The Labute approximate surface area is 477 Å². The van der Waals surface area contributed by atoms with Crippen molar-refractivity contribution < 1.29 is 0 Å². The zero-order chi connectivity index (χ0) is 56.0. The third-order valence-corrected chi connectivity index (χ3v) is 17.6. The van der Waals surface area contributed by atoms with Gasteiger partial charge in [-0.05, 0) is 199 Å². The molecule has 10 aromatic rings. The normalized spacial score (nSPS) is 14.3. The van der Waals surface area contributed by atoms with Crippen molar-refractivity contribution in [3.8, 4) is 39.4 Å². The summed E-state index contributed by atoms with van der Waals surface area (Å²) < 4.78 is 0. The monoisotopic (exact) mass is 1040 g/mol. The first-order chi connectivity index (χ1) is 39.1. The quantitative estimate of drug-likeness (QED) is 0.101. The van der Waals surface area contributed by atoms with Gasteiger partial charge >= 0.3 is 0 Å². The standard InChI is InChI=1S/C77H62N4/c1-49-12-10-14-59(40-49)80(57-28-20-55(48-78)21-29-57)61-32-38-67-65-36-24-53(44-71(65)76(5,6)73(67)46-61)18-16-51-22-34-63-64-35-23-52(43-70(64)75(3,4)69(63)42-51)17-19-54-25-37-66-68-39-33-62(47-74(68)77(7,8)72(66)45-54)81(60-15-11-13-50(2)41-60)58-30-26-56(79-9)27-31-58/h10-47H,1-8H3. The summed E-state index contributed by atoms with van der Waals surface area (Å²) in [5.74, 6) is 0. The minimum Gasteiger partial charge on any atom is -0.311 e. The minimum atomic E-state index is -0.219. The number of rotatable bonds is 10. The first-order valence-corrected chi connectivity index (χ1v) is 28.0. The first kappa shape index (κ1) is 50.7. The number of anilines is 6. The molecule has 4 heteroatoms. The van der Waals surface area contributed by atoms with E-state index in [1.807, 2.05) is 48.5 Å². The molecular weight excluding hydrogens is 981 g/mol. The second-order valence-electron chi connectivity index (χ2n) is 23.9. The van der Waals surface area contributed by atoms with Crippen LogP contribution in [0, 0.1) is 31.8 Å². The average molecular weight is 1040 g/mol. The lowest BCUT2D eigenvalue weighted by atomic mass is 9.81. The molecule has 0 radical (unpaired) electrons. The molecule has 0 heterocycles. The molecule has 0 fully saturated rings. The highest BCUT2D eigenvalue weighted by molar-refractivity contribution is 5.90. The first-order valence-electron chi connectivity index (χ1n) is 28.0. The zero-order valence-corrected chi connectivity index (χ0v) is 47.2. The van der Waals surface area contributed by atoms with Gasteiger partial charge in [0.1, 0.15) is 0 Å². The van der Waals surface area contributed by atoms with E-state index < -0.39 is 0 Å². The van der Waals surface area contributed by atoms with Gasteiger partial charge in [0.2, 0.25) is 0 Å². The van der Waals surface area contributed by atoms with Crippen LogP contribution in [0.15, 0.2) is 206 Å². The van der Waals surface area contributed by atoms with Crippen LogP contribution in [0.4, 0.5) is 39.8 Å². The van der Waals surface area contributed by atoms with Crippen molar-refractivity contribution >= 4 is 64.1 Å². The maximum atomic E-state index is 9.55. The Kier molecular flexibility index (Phi) is 12.1. The number of nitriles is 1. The number of hydrogen-bond acceptors (Lipinski definition) is 3. The average Bonchev–Trinajstić information content (AvgIpc) is 3.44. The van der Waals surface area contributed by atoms with Gasteiger partial charge in [0, 0.05) is 50.4 Å². The van der Waals surface area contributed by atoms with E-state index in [1.165, 1.54) is 100 Å². The predicted octanol–water partition coefficient (Wildman–Crippen LogP) is 20.9. The summed E-state index contributed by atoms with van der Waals surface area (Å²) in [6.07, 6.45) is 9.08. The van der Waals surface area contributed by atoms with E-state index in [2.05, 4.69) is 258 Å². The summed E-state index contributed by atoms with van der Waals surface area (Å²) in [6, 6.07) is 76.9. The topological polar surface area (TPSA) is 34.6 Å². The lowest BCUT2D eigenvalue weighted by Gasteiger charge is -2.28. The van der Waals surface area contributed by atoms with E-state index in [-0.39, 0.29) is 16.2 Å². The van der Waals surface area contributed by atoms with Crippen molar-refractivity contribution in [3.05, 3.63) is 290 Å². The smallest absolute Gasteiger partial charge is 0.187 e. The van der Waals surface area contributed by atoms with E-state index in [1.54, 1.807) is 0 Å². The third kappa shape index (κ3) is 8.68. The highest BCUT2D eigenvalue weighted by Gasteiger charge is 2.39. The van der Waals surface area contributed by atoms with Gasteiger partial charge in [-0.2, -0.15) is 5.26 Å². The van der Waals surface area contributed by atoms with Crippen molar-refractivity contribution in [1.29, 1.82) is 5.26 Å².